The Labute approximate surface area is 85.5 Å². The van der Waals surface area contributed by atoms with E-state index in [0.717, 1.165) is 0 Å². The minimum atomic E-state index is -4.56. The summed E-state index contributed by atoms with van der Waals surface area (Å²) in [6.45, 7) is 1.26. The van der Waals surface area contributed by atoms with Gasteiger partial charge < -0.3 is 9.42 Å². The van der Waals surface area contributed by atoms with E-state index in [9.17, 15) is 18.9 Å². The molecule has 1 N–H and O–H groups in total. The van der Waals surface area contributed by atoms with E-state index in [1.165, 1.54) is 6.92 Å². The Bertz CT molecular complexity index is 348. The second-order valence-electron chi connectivity index (χ2n) is 2.84. The van der Waals surface area contributed by atoms with Crippen molar-refractivity contribution in [3.63, 3.8) is 0 Å². The van der Waals surface area contributed by atoms with Crippen LogP contribution in [0.3, 0.4) is 0 Å². The molecular weight excluding hydrogens is 225 g/mol. The van der Waals surface area contributed by atoms with Crippen LogP contribution in [0.4, 0.5) is 4.79 Å². The Hall–Kier alpha value is -1.04. The summed E-state index contributed by atoms with van der Waals surface area (Å²) in [5.41, 5.74) is -1.46. The number of likely N-dealkylation sites (tertiary alicyclic amines) is 1. The van der Waals surface area contributed by atoms with E-state index in [1.54, 1.807) is 0 Å². The summed E-state index contributed by atoms with van der Waals surface area (Å²) in [4.78, 5) is 42.8. The molecule has 0 aromatic carbocycles. The summed E-state index contributed by atoms with van der Waals surface area (Å²) in [7, 11) is -4.56. The smallest absolute Gasteiger partial charge is 0.318 e. The Morgan fingerprint density at radius 2 is 1.93 bits per heavy atom. The van der Waals surface area contributed by atoms with Crippen molar-refractivity contribution in [3.05, 3.63) is 0 Å². The standard InChI is InChI=1S/C7H10NO6P/c1-2-14-15(12,13)7(11)8-5(9)3-4-6(8)10/h2-4H2,1H3,(H,12,13). The first-order chi connectivity index (χ1) is 6.90. The molecule has 15 heavy (non-hydrogen) atoms. The van der Waals surface area contributed by atoms with E-state index < -0.39 is 25.1 Å². The summed E-state index contributed by atoms with van der Waals surface area (Å²) in [5.74, 6) is -1.53. The van der Waals surface area contributed by atoms with Gasteiger partial charge in [0.05, 0.1) is 6.61 Å². The number of nitrogens with zero attached hydrogens (tertiary/aromatic N) is 1. The Balaban J connectivity index is 2.89. The Morgan fingerprint density at radius 1 is 1.47 bits per heavy atom. The van der Waals surface area contributed by atoms with Crippen LogP contribution in [-0.2, 0) is 18.7 Å². The molecular formula is C7H10NO6P. The summed E-state index contributed by atoms with van der Waals surface area (Å²) < 4.78 is 15.5. The zero-order valence-corrected chi connectivity index (χ0v) is 8.90. The molecule has 0 aromatic rings. The van der Waals surface area contributed by atoms with Crippen LogP contribution in [0.25, 0.3) is 0 Å². The molecule has 7 nitrogen and oxygen atoms in total. The fourth-order valence-electron chi connectivity index (χ4n) is 1.15. The molecule has 3 amide bonds. The van der Waals surface area contributed by atoms with Gasteiger partial charge in [-0.25, -0.2) is 9.46 Å². The van der Waals surface area contributed by atoms with Crippen molar-refractivity contribution in [1.82, 2.24) is 4.90 Å². The molecule has 0 saturated carbocycles. The van der Waals surface area contributed by atoms with Crippen LogP contribution in [0.15, 0.2) is 0 Å². The van der Waals surface area contributed by atoms with Crippen LogP contribution < -0.4 is 0 Å². The van der Waals surface area contributed by atoms with Gasteiger partial charge in [-0.1, -0.05) is 0 Å². The fourth-order valence-corrected chi connectivity index (χ4v) is 2.08. The van der Waals surface area contributed by atoms with Crippen molar-refractivity contribution in [2.75, 3.05) is 6.61 Å². The molecule has 8 heteroatoms. The van der Waals surface area contributed by atoms with Gasteiger partial charge in [0, 0.05) is 12.8 Å². The highest BCUT2D eigenvalue weighted by molar-refractivity contribution is 7.71. The summed E-state index contributed by atoms with van der Waals surface area (Å²) in [5, 5.41) is 0. The van der Waals surface area contributed by atoms with Crippen molar-refractivity contribution in [2.24, 2.45) is 0 Å². The van der Waals surface area contributed by atoms with E-state index >= 15 is 0 Å². The maximum atomic E-state index is 11.3. The highest BCUT2D eigenvalue weighted by atomic mass is 31.2. The van der Waals surface area contributed by atoms with Gasteiger partial charge in [-0.3, -0.25) is 14.4 Å². The van der Waals surface area contributed by atoms with E-state index in [-0.39, 0.29) is 24.3 Å². The van der Waals surface area contributed by atoms with Crippen LogP contribution in [0, 0.1) is 0 Å². The molecule has 1 fully saturated rings. The number of amides is 3. The number of carbonyl (C=O) groups excluding carboxylic acids is 3. The van der Waals surface area contributed by atoms with Crippen LogP contribution in [0.2, 0.25) is 0 Å². The van der Waals surface area contributed by atoms with E-state index in [0.29, 0.717) is 0 Å². The van der Waals surface area contributed by atoms with E-state index in [1.807, 2.05) is 0 Å². The van der Waals surface area contributed by atoms with Gasteiger partial charge in [-0.15, -0.1) is 0 Å². The van der Waals surface area contributed by atoms with Gasteiger partial charge in [0.1, 0.15) is 0 Å². The summed E-state index contributed by atoms with van der Waals surface area (Å²) in [6, 6.07) is 0. The molecule has 0 aromatic heterocycles. The summed E-state index contributed by atoms with van der Waals surface area (Å²) >= 11 is 0. The van der Waals surface area contributed by atoms with Crippen LogP contribution >= 0.6 is 7.60 Å². The SMILES string of the molecule is CCOP(=O)(O)C(=O)N1C(=O)CCC1=O. The zero-order chi connectivity index (χ0) is 11.6. The molecule has 0 aliphatic carbocycles. The van der Waals surface area contributed by atoms with Crippen LogP contribution in [-0.4, -0.2) is 33.9 Å². The number of rotatable bonds is 3. The highest BCUT2D eigenvalue weighted by Gasteiger charge is 2.44. The third kappa shape index (κ3) is 2.31. The highest BCUT2D eigenvalue weighted by Crippen LogP contribution is 2.45. The normalized spacial score (nSPS) is 20.5. The third-order valence-electron chi connectivity index (χ3n) is 1.79. The second kappa shape index (κ2) is 4.22. The first-order valence-corrected chi connectivity index (χ1v) is 5.85. The average molecular weight is 235 g/mol. The van der Waals surface area contributed by atoms with Crippen molar-refractivity contribution in [3.8, 4) is 0 Å². The molecule has 1 atom stereocenters. The van der Waals surface area contributed by atoms with Crippen molar-refractivity contribution < 1.29 is 28.4 Å². The van der Waals surface area contributed by atoms with E-state index in [4.69, 9.17) is 4.89 Å². The monoisotopic (exact) mass is 235 g/mol. The van der Waals surface area contributed by atoms with Gasteiger partial charge in [0.15, 0.2) is 0 Å². The molecule has 1 heterocycles. The van der Waals surface area contributed by atoms with Gasteiger partial charge in [-0.2, -0.15) is 0 Å². The van der Waals surface area contributed by atoms with Crippen molar-refractivity contribution in [1.29, 1.82) is 0 Å². The molecule has 0 spiro atoms. The lowest BCUT2D eigenvalue weighted by Gasteiger charge is -2.15. The molecule has 0 bridgehead atoms. The lowest BCUT2D eigenvalue weighted by Crippen LogP contribution is -2.34. The first-order valence-electron chi connectivity index (χ1n) is 4.27. The quantitative estimate of drug-likeness (QED) is 0.563. The number of imide groups is 3. The maximum Gasteiger partial charge on any atom is 0.416 e. The number of carbonyl (C=O) groups is 3. The van der Waals surface area contributed by atoms with E-state index in [2.05, 4.69) is 4.52 Å². The largest absolute Gasteiger partial charge is 0.416 e. The fraction of sp³-hybridized carbons (Fsp3) is 0.571. The predicted octanol–water partition coefficient (Wildman–Crippen LogP) is 0.477. The number of hydrogen-bond acceptors (Lipinski definition) is 5. The Kier molecular flexibility index (Phi) is 3.38. The molecule has 1 aliphatic rings. The molecule has 1 aliphatic heterocycles. The van der Waals surface area contributed by atoms with Crippen LogP contribution in [0.1, 0.15) is 19.8 Å². The molecule has 1 rings (SSSR count). The molecule has 0 radical (unpaired) electrons. The lowest BCUT2D eigenvalue weighted by atomic mass is 10.4. The second-order valence-corrected chi connectivity index (χ2v) is 4.53. The van der Waals surface area contributed by atoms with Gasteiger partial charge in [0.25, 0.3) is 0 Å². The van der Waals surface area contributed by atoms with Crippen molar-refractivity contribution in [2.45, 2.75) is 19.8 Å². The minimum absolute atomic E-state index is 0.114. The Morgan fingerprint density at radius 3 is 2.33 bits per heavy atom. The third-order valence-corrected chi connectivity index (χ3v) is 3.08. The first kappa shape index (κ1) is 12.0. The molecule has 1 unspecified atom stereocenters. The van der Waals surface area contributed by atoms with Gasteiger partial charge in [0.2, 0.25) is 11.8 Å². The van der Waals surface area contributed by atoms with Gasteiger partial charge >= 0.3 is 13.2 Å². The van der Waals surface area contributed by atoms with Crippen LogP contribution in [0.5, 0.6) is 0 Å². The molecule has 84 valence electrons. The average Bonchev–Trinajstić information content (AvgIpc) is 2.45. The number of hydrogen-bond donors (Lipinski definition) is 1. The minimum Gasteiger partial charge on any atom is -0.318 e. The van der Waals surface area contributed by atoms with Crippen molar-refractivity contribution >= 4 is 25.1 Å². The van der Waals surface area contributed by atoms with Gasteiger partial charge in [-0.05, 0) is 6.92 Å². The predicted molar refractivity (Wildman–Crippen MR) is 47.9 cm³/mol. The molecule has 1 saturated heterocycles. The topological polar surface area (TPSA) is 101 Å². The maximum absolute atomic E-state index is 11.3. The zero-order valence-electron chi connectivity index (χ0n) is 8.00. The summed E-state index contributed by atoms with van der Waals surface area (Å²) in [6.07, 6.45) is -0.229. The lowest BCUT2D eigenvalue weighted by molar-refractivity contribution is -0.134.